The van der Waals surface area contributed by atoms with Crippen LogP contribution in [0.3, 0.4) is 0 Å². The molecule has 11 heteroatoms. The second-order valence-corrected chi connectivity index (χ2v) is 9.40. The Hall–Kier alpha value is -3.40. The smallest absolute Gasteiger partial charge is 0.335 e. The Morgan fingerprint density at radius 2 is 1.64 bits per heavy atom. The second-order valence-electron chi connectivity index (χ2n) is 6.67. The lowest BCUT2D eigenvalue weighted by molar-refractivity contribution is -0.119. The number of carboxylic acids is 1. The van der Waals surface area contributed by atoms with Gasteiger partial charge in [0.1, 0.15) is 6.54 Å². The number of carbonyl (C=O) groups excluding carboxylic acids is 1. The average Bonchev–Trinajstić information content (AvgIpc) is 2.78. The largest absolute Gasteiger partial charge is 0.478 e. The summed E-state index contributed by atoms with van der Waals surface area (Å²) in [6.45, 7) is -0.569. The second kappa shape index (κ2) is 10.5. The van der Waals surface area contributed by atoms with Crippen LogP contribution in [-0.4, -0.2) is 38.2 Å². The highest BCUT2D eigenvalue weighted by molar-refractivity contribution is 7.92. The molecule has 170 valence electrons. The molecular formula is C22H17Cl2N3O5S. The third kappa shape index (κ3) is 6.32. The molecule has 33 heavy (non-hydrogen) atoms. The number of anilines is 1. The van der Waals surface area contributed by atoms with Gasteiger partial charge in [0.25, 0.3) is 15.9 Å². The van der Waals surface area contributed by atoms with Crippen molar-refractivity contribution in [2.75, 3.05) is 10.8 Å². The molecule has 0 aromatic heterocycles. The SMILES string of the molecule is O=C(CN(c1cccc(Cl)c1)S(=O)(=O)c1ccc(Cl)cc1)N/N=C\c1ccc(C(=O)O)cc1. The van der Waals surface area contributed by atoms with Crippen molar-refractivity contribution in [3.63, 3.8) is 0 Å². The minimum Gasteiger partial charge on any atom is -0.478 e. The van der Waals surface area contributed by atoms with Gasteiger partial charge in [-0.2, -0.15) is 5.10 Å². The summed E-state index contributed by atoms with van der Waals surface area (Å²) in [5.41, 5.74) is 3.12. The van der Waals surface area contributed by atoms with Gasteiger partial charge in [0.2, 0.25) is 0 Å². The summed E-state index contributed by atoms with van der Waals surface area (Å²) in [6, 6.07) is 17.5. The van der Waals surface area contributed by atoms with Crippen molar-refractivity contribution in [3.05, 3.63) is 94.0 Å². The van der Waals surface area contributed by atoms with Crippen molar-refractivity contribution in [2.24, 2.45) is 5.10 Å². The molecular weight excluding hydrogens is 489 g/mol. The molecule has 3 aromatic rings. The zero-order chi connectivity index (χ0) is 24.0. The van der Waals surface area contributed by atoms with Crippen molar-refractivity contribution in [3.8, 4) is 0 Å². The number of sulfonamides is 1. The Bertz CT molecular complexity index is 1290. The maximum absolute atomic E-state index is 13.2. The molecule has 0 radical (unpaired) electrons. The van der Waals surface area contributed by atoms with Crippen molar-refractivity contribution in [1.82, 2.24) is 5.43 Å². The van der Waals surface area contributed by atoms with Crippen LogP contribution >= 0.6 is 23.2 Å². The summed E-state index contributed by atoms with van der Waals surface area (Å²) in [7, 11) is -4.13. The van der Waals surface area contributed by atoms with Gasteiger partial charge < -0.3 is 5.11 Å². The summed E-state index contributed by atoms with van der Waals surface area (Å²) in [4.78, 5) is 23.4. The van der Waals surface area contributed by atoms with Gasteiger partial charge in [-0.3, -0.25) is 9.10 Å². The molecule has 0 aliphatic heterocycles. The molecule has 0 heterocycles. The van der Waals surface area contributed by atoms with Crippen molar-refractivity contribution < 1.29 is 23.1 Å². The van der Waals surface area contributed by atoms with E-state index in [1.807, 2.05) is 0 Å². The zero-order valence-corrected chi connectivity index (χ0v) is 19.2. The predicted octanol–water partition coefficient (Wildman–Crippen LogP) is 4.04. The first-order chi connectivity index (χ1) is 15.7. The number of rotatable bonds is 8. The molecule has 0 saturated carbocycles. The lowest BCUT2D eigenvalue weighted by Crippen LogP contribution is -2.39. The number of benzene rings is 3. The number of nitrogens with one attached hydrogen (secondary N) is 1. The lowest BCUT2D eigenvalue weighted by Gasteiger charge is -2.23. The van der Waals surface area contributed by atoms with Gasteiger partial charge in [0, 0.05) is 10.0 Å². The number of amides is 1. The first-order valence-corrected chi connectivity index (χ1v) is 11.6. The monoisotopic (exact) mass is 505 g/mol. The van der Waals surface area contributed by atoms with Crippen LogP contribution in [-0.2, 0) is 14.8 Å². The summed E-state index contributed by atoms with van der Waals surface area (Å²) in [6.07, 6.45) is 1.31. The maximum atomic E-state index is 13.2. The van der Waals surface area contributed by atoms with Gasteiger partial charge in [-0.1, -0.05) is 41.4 Å². The number of aromatic carboxylic acids is 1. The molecule has 0 aliphatic carbocycles. The Kier molecular flexibility index (Phi) is 7.70. The third-order valence-electron chi connectivity index (χ3n) is 4.35. The van der Waals surface area contributed by atoms with Crippen LogP contribution in [0.4, 0.5) is 5.69 Å². The average molecular weight is 506 g/mol. The standard InChI is InChI=1S/C22H17Cl2N3O5S/c23-17-8-10-20(11-9-17)33(31,32)27(19-3-1-2-18(24)12-19)14-21(28)26-25-13-15-4-6-16(7-5-15)22(29)30/h1-13H,14H2,(H,26,28)(H,29,30)/b25-13-. The molecule has 2 N–H and O–H groups in total. The molecule has 0 aliphatic rings. The van der Waals surface area contributed by atoms with Crippen LogP contribution in [0.5, 0.6) is 0 Å². The van der Waals surface area contributed by atoms with Crippen LogP contribution in [0.2, 0.25) is 10.0 Å². The summed E-state index contributed by atoms with van der Waals surface area (Å²) in [5.74, 6) is -1.76. The number of hydrazone groups is 1. The first kappa shape index (κ1) is 24.2. The number of carboxylic acid groups (broad SMARTS) is 1. The van der Waals surface area contributed by atoms with Gasteiger partial charge in [-0.25, -0.2) is 18.6 Å². The molecule has 3 rings (SSSR count). The van der Waals surface area contributed by atoms with E-state index in [4.69, 9.17) is 28.3 Å². The number of hydrogen-bond donors (Lipinski definition) is 2. The van der Waals surface area contributed by atoms with Gasteiger partial charge in [0.15, 0.2) is 0 Å². The number of hydrogen-bond acceptors (Lipinski definition) is 5. The van der Waals surface area contributed by atoms with Crippen LogP contribution in [0.25, 0.3) is 0 Å². The van der Waals surface area contributed by atoms with Crippen molar-refractivity contribution in [2.45, 2.75) is 4.90 Å². The first-order valence-electron chi connectivity index (χ1n) is 9.36. The number of carbonyl (C=O) groups is 2. The van der Waals surface area contributed by atoms with Crippen molar-refractivity contribution in [1.29, 1.82) is 0 Å². The van der Waals surface area contributed by atoms with Gasteiger partial charge in [-0.15, -0.1) is 0 Å². The van der Waals surface area contributed by atoms with Crippen LogP contribution in [0.15, 0.2) is 82.8 Å². The molecule has 0 spiro atoms. The highest BCUT2D eigenvalue weighted by Gasteiger charge is 2.27. The van der Waals surface area contributed by atoms with E-state index in [1.54, 1.807) is 12.1 Å². The van der Waals surface area contributed by atoms with E-state index in [0.29, 0.717) is 15.6 Å². The van der Waals surface area contributed by atoms with Crippen LogP contribution < -0.4 is 9.73 Å². The third-order valence-corrected chi connectivity index (χ3v) is 6.62. The van der Waals surface area contributed by atoms with Gasteiger partial charge >= 0.3 is 5.97 Å². The molecule has 0 fully saturated rings. The van der Waals surface area contributed by atoms with E-state index >= 15 is 0 Å². The van der Waals surface area contributed by atoms with E-state index in [9.17, 15) is 18.0 Å². The minimum absolute atomic E-state index is 0.0540. The Morgan fingerprint density at radius 1 is 0.970 bits per heavy atom. The molecule has 0 unspecified atom stereocenters. The highest BCUT2D eigenvalue weighted by Crippen LogP contribution is 2.26. The van der Waals surface area contributed by atoms with E-state index < -0.39 is 28.4 Å². The fraction of sp³-hybridized carbons (Fsp3) is 0.0455. The summed E-state index contributed by atoms with van der Waals surface area (Å²) in [5, 5.41) is 13.4. The molecule has 1 amide bonds. The van der Waals surface area contributed by atoms with Crippen molar-refractivity contribution >= 4 is 57.0 Å². The lowest BCUT2D eigenvalue weighted by atomic mass is 10.1. The highest BCUT2D eigenvalue weighted by atomic mass is 35.5. The summed E-state index contributed by atoms with van der Waals surface area (Å²) >= 11 is 11.9. The molecule has 0 saturated heterocycles. The Morgan fingerprint density at radius 3 is 2.24 bits per heavy atom. The Balaban J connectivity index is 1.80. The van der Waals surface area contributed by atoms with E-state index in [-0.39, 0.29) is 16.1 Å². The fourth-order valence-corrected chi connectivity index (χ4v) is 4.46. The maximum Gasteiger partial charge on any atom is 0.335 e. The molecule has 0 atom stereocenters. The Labute approximate surface area is 200 Å². The molecule has 3 aromatic carbocycles. The summed E-state index contributed by atoms with van der Waals surface area (Å²) < 4.78 is 27.4. The fourth-order valence-electron chi connectivity index (χ4n) is 2.74. The quantitative estimate of drug-likeness (QED) is 0.354. The van der Waals surface area contributed by atoms with Gasteiger partial charge in [-0.05, 0) is 60.2 Å². The minimum atomic E-state index is -4.13. The topological polar surface area (TPSA) is 116 Å². The van der Waals surface area contributed by atoms with E-state index in [2.05, 4.69) is 10.5 Å². The molecule has 0 bridgehead atoms. The zero-order valence-electron chi connectivity index (χ0n) is 16.9. The van der Waals surface area contributed by atoms with Gasteiger partial charge in [0.05, 0.1) is 22.4 Å². The van der Waals surface area contributed by atoms with E-state index in [0.717, 1.165) is 4.31 Å². The molecule has 8 nitrogen and oxygen atoms in total. The van der Waals surface area contributed by atoms with Crippen LogP contribution in [0.1, 0.15) is 15.9 Å². The normalized spacial score (nSPS) is 11.3. The number of halogens is 2. The van der Waals surface area contributed by atoms with E-state index in [1.165, 1.54) is 66.9 Å². The van der Waals surface area contributed by atoms with Crippen LogP contribution in [0, 0.1) is 0 Å². The predicted molar refractivity (Wildman–Crippen MR) is 127 cm³/mol. The number of nitrogens with zero attached hydrogens (tertiary/aromatic N) is 2.